The quantitative estimate of drug-likeness (QED) is 0.706. The maximum atomic E-state index is 9.54. The lowest BCUT2D eigenvalue weighted by molar-refractivity contribution is 0.108. The van der Waals surface area contributed by atoms with Crippen molar-refractivity contribution in [2.24, 2.45) is 0 Å². The fourth-order valence-electron chi connectivity index (χ4n) is 2.31. The first-order valence-corrected chi connectivity index (χ1v) is 6.40. The predicted molar refractivity (Wildman–Crippen MR) is 63.5 cm³/mol. The fourth-order valence-corrected chi connectivity index (χ4v) is 2.31. The van der Waals surface area contributed by atoms with E-state index in [1.54, 1.807) is 0 Å². The number of nitrogens with one attached hydrogen (secondary N) is 1. The lowest BCUT2D eigenvalue weighted by Gasteiger charge is -2.34. The van der Waals surface area contributed by atoms with Gasteiger partial charge in [0.15, 0.2) is 0 Å². The van der Waals surface area contributed by atoms with Crippen LogP contribution in [0.15, 0.2) is 0 Å². The largest absolute Gasteiger partial charge is 0.394 e. The van der Waals surface area contributed by atoms with E-state index >= 15 is 0 Å². The summed E-state index contributed by atoms with van der Waals surface area (Å²) in [6, 6.07) is 0.639. The molecule has 0 aromatic carbocycles. The summed E-state index contributed by atoms with van der Waals surface area (Å²) in [5.74, 6) is 0. The zero-order valence-corrected chi connectivity index (χ0v) is 10.2. The van der Waals surface area contributed by atoms with Gasteiger partial charge in [-0.25, -0.2) is 0 Å². The number of hydrogen-bond donors (Lipinski definition) is 2. The van der Waals surface area contributed by atoms with Crippen LogP contribution in [0.3, 0.4) is 0 Å². The fraction of sp³-hybridized carbons (Fsp3) is 1.00. The van der Waals surface area contributed by atoms with E-state index in [1.165, 1.54) is 12.8 Å². The molecule has 0 aromatic rings. The second-order valence-electron chi connectivity index (χ2n) is 5.38. The summed E-state index contributed by atoms with van der Waals surface area (Å²) in [6.45, 7) is 7.03. The van der Waals surface area contributed by atoms with Crippen LogP contribution in [0.1, 0.15) is 26.2 Å². The van der Waals surface area contributed by atoms with Crippen LogP contribution in [0.25, 0.3) is 0 Å². The van der Waals surface area contributed by atoms with Crippen molar-refractivity contribution in [2.45, 2.75) is 37.8 Å². The number of ether oxygens (including phenoxy) is 1. The van der Waals surface area contributed by atoms with Crippen LogP contribution in [0, 0.1) is 0 Å². The molecule has 4 nitrogen and oxygen atoms in total. The third-order valence-electron chi connectivity index (χ3n) is 3.37. The molecule has 16 heavy (non-hydrogen) atoms. The summed E-state index contributed by atoms with van der Waals surface area (Å²) in [4.78, 5) is 2.40. The van der Waals surface area contributed by atoms with E-state index in [1.807, 2.05) is 0 Å². The minimum atomic E-state index is -0.147. The average molecular weight is 228 g/mol. The summed E-state index contributed by atoms with van der Waals surface area (Å²) < 4.78 is 5.44. The Kier molecular flexibility index (Phi) is 4.19. The van der Waals surface area contributed by atoms with Crippen LogP contribution in [0.4, 0.5) is 0 Å². The highest BCUT2D eigenvalue weighted by atomic mass is 16.5. The van der Waals surface area contributed by atoms with E-state index in [4.69, 9.17) is 4.74 Å². The molecule has 94 valence electrons. The summed E-state index contributed by atoms with van der Waals surface area (Å²) in [5, 5.41) is 13.1. The normalized spacial score (nSPS) is 27.4. The zero-order valence-electron chi connectivity index (χ0n) is 10.2. The predicted octanol–water partition coefficient (Wildman–Crippen LogP) is 0.212. The van der Waals surface area contributed by atoms with Gasteiger partial charge in [-0.05, 0) is 26.2 Å². The van der Waals surface area contributed by atoms with Crippen molar-refractivity contribution in [1.82, 2.24) is 10.2 Å². The van der Waals surface area contributed by atoms with Gasteiger partial charge in [0, 0.05) is 32.3 Å². The maximum Gasteiger partial charge on any atom is 0.0623 e. The lowest BCUT2D eigenvalue weighted by Crippen LogP contribution is -2.55. The van der Waals surface area contributed by atoms with Gasteiger partial charge in [-0.3, -0.25) is 4.90 Å². The molecule has 1 aliphatic heterocycles. The second-order valence-corrected chi connectivity index (χ2v) is 5.38. The van der Waals surface area contributed by atoms with Crippen molar-refractivity contribution in [3.05, 3.63) is 0 Å². The van der Waals surface area contributed by atoms with Gasteiger partial charge in [0.2, 0.25) is 0 Å². The highest BCUT2D eigenvalue weighted by Crippen LogP contribution is 2.23. The lowest BCUT2D eigenvalue weighted by atomic mass is 10.0. The highest BCUT2D eigenvalue weighted by Gasteiger charge is 2.33. The number of aliphatic hydroxyl groups is 1. The Morgan fingerprint density at radius 1 is 1.38 bits per heavy atom. The molecule has 1 atom stereocenters. The third-order valence-corrected chi connectivity index (χ3v) is 3.37. The van der Waals surface area contributed by atoms with Crippen molar-refractivity contribution in [2.75, 3.05) is 39.5 Å². The molecular formula is C12H24N2O2. The van der Waals surface area contributed by atoms with Crippen LogP contribution in [-0.2, 0) is 4.74 Å². The number of nitrogens with zero attached hydrogens (tertiary/aromatic N) is 1. The molecule has 1 heterocycles. The average Bonchev–Trinajstić information content (AvgIpc) is 3.06. The van der Waals surface area contributed by atoms with E-state index in [2.05, 4.69) is 17.1 Å². The Bertz CT molecular complexity index is 213. The van der Waals surface area contributed by atoms with Crippen molar-refractivity contribution in [3.8, 4) is 0 Å². The van der Waals surface area contributed by atoms with Gasteiger partial charge in [0.05, 0.1) is 18.8 Å². The van der Waals surface area contributed by atoms with Gasteiger partial charge in [0.1, 0.15) is 0 Å². The standard InChI is InChI=1S/C12H24N2O2/c1-12(10-15,13-11-3-4-11)9-14-5-2-7-16-8-6-14/h11,13,15H,2-10H2,1H3. The van der Waals surface area contributed by atoms with Crippen LogP contribution in [0.5, 0.6) is 0 Å². The molecule has 1 saturated carbocycles. The first-order valence-electron chi connectivity index (χ1n) is 6.40. The van der Waals surface area contributed by atoms with Gasteiger partial charge in [-0.15, -0.1) is 0 Å². The molecule has 1 saturated heterocycles. The Labute approximate surface area is 98.0 Å². The summed E-state index contributed by atoms with van der Waals surface area (Å²) in [5.41, 5.74) is -0.147. The van der Waals surface area contributed by atoms with Crippen LogP contribution < -0.4 is 5.32 Å². The van der Waals surface area contributed by atoms with Crippen molar-refractivity contribution >= 4 is 0 Å². The van der Waals surface area contributed by atoms with Crippen molar-refractivity contribution in [3.63, 3.8) is 0 Å². The molecular weight excluding hydrogens is 204 g/mol. The molecule has 2 rings (SSSR count). The Morgan fingerprint density at radius 2 is 2.19 bits per heavy atom. The molecule has 4 heteroatoms. The first kappa shape index (κ1) is 12.3. The molecule has 1 unspecified atom stereocenters. The molecule has 2 fully saturated rings. The Balaban J connectivity index is 1.82. The second kappa shape index (κ2) is 5.45. The van der Waals surface area contributed by atoms with Gasteiger partial charge in [0.25, 0.3) is 0 Å². The van der Waals surface area contributed by atoms with E-state index in [9.17, 15) is 5.11 Å². The molecule has 0 bridgehead atoms. The SMILES string of the molecule is CC(CO)(CN1CCCOCC1)NC1CC1. The maximum absolute atomic E-state index is 9.54. The summed E-state index contributed by atoms with van der Waals surface area (Å²) >= 11 is 0. The molecule has 2 N–H and O–H groups in total. The molecule has 0 spiro atoms. The van der Waals surface area contributed by atoms with E-state index in [0.29, 0.717) is 6.04 Å². The molecule has 0 aromatic heterocycles. The topological polar surface area (TPSA) is 44.7 Å². The van der Waals surface area contributed by atoms with E-state index < -0.39 is 0 Å². The monoisotopic (exact) mass is 228 g/mol. The van der Waals surface area contributed by atoms with Crippen molar-refractivity contribution in [1.29, 1.82) is 0 Å². The van der Waals surface area contributed by atoms with Gasteiger partial charge in [-0.1, -0.05) is 0 Å². The molecule has 2 aliphatic rings. The van der Waals surface area contributed by atoms with E-state index in [-0.39, 0.29) is 12.1 Å². The zero-order chi connectivity index (χ0) is 11.4. The van der Waals surface area contributed by atoms with Gasteiger partial charge >= 0.3 is 0 Å². The van der Waals surface area contributed by atoms with Gasteiger partial charge < -0.3 is 15.2 Å². The highest BCUT2D eigenvalue weighted by molar-refractivity contribution is 4.94. The first-order chi connectivity index (χ1) is 7.72. The van der Waals surface area contributed by atoms with Crippen LogP contribution in [-0.4, -0.2) is 61.0 Å². The minimum Gasteiger partial charge on any atom is -0.394 e. The van der Waals surface area contributed by atoms with Crippen LogP contribution >= 0.6 is 0 Å². The number of rotatable bonds is 5. The minimum absolute atomic E-state index is 0.147. The van der Waals surface area contributed by atoms with Crippen molar-refractivity contribution < 1.29 is 9.84 Å². The third kappa shape index (κ3) is 3.70. The van der Waals surface area contributed by atoms with E-state index in [0.717, 1.165) is 39.3 Å². The number of hydrogen-bond acceptors (Lipinski definition) is 4. The molecule has 1 aliphatic carbocycles. The molecule has 0 amide bonds. The summed E-state index contributed by atoms with van der Waals surface area (Å²) in [6.07, 6.45) is 3.63. The van der Waals surface area contributed by atoms with Crippen LogP contribution in [0.2, 0.25) is 0 Å². The smallest absolute Gasteiger partial charge is 0.0623 e. The van der Waals surface area contributed by atoms with Gasteiger partial charge in [-0.2, -0.15) is 0 Å². The Morgan fingerprint density at radius 3 is 2.88 bits per heavy atom. The number of aliphatic hydroxyl groups excluding tert-OH is 1. The molecule has 0 radical (unpaired) electrons. The Hall–Kier alpha value is -0.160. The summed E-state index contributed by atoms with van der Waals surface area (Å²) in [7, 11) is 0.